The van der Waals surface area contributed by atoms with Gasteiger partial charge in [0.1, 0.15) is 11.3 Å². The van der Waals surface area contributed by atoms with Crippen molar-refractivity contribution >= 4 is 28.6 Å². The molecular weight excluding hydrogens is 323 g/mol. The number of benzene rings is 1. The summed E-state index contributed by atoms with van der Waals surface area (Å²) in [5.41, 5.74) is 0.198. The van der Waals surface area contributed by atoms with E-state index >= 15 is 0 Å². The number of ether oxygens (including phenoxy) is 2. The Morgan fingerprint density at radius 3 is 2.81 bits per heavy atom. The maximum atomic E-state index is 11.0. The Bertz CT molecular complexity index is 365. The van der Waals surface area contributed by atoms with Crippen LogP contribution in [0.5, 0.6) is 5.75 Å². The normalized spacial score (nSPS) is 10.1. The van der Waals surface area contributed by atoms with E-state index in [0.29, 0.717) is 19.0 Å². The third kappa shape index (κ3) is 3.97. The van der Waals surface area contributed by atoms with Crippen LogP contribution in [0.4, 0.5) is 0 Å². The molecule has 0 spiro atoms. The van der Waals surface area contributed by atoms with Gasteiger partial charge in [0, 0.05) is 23.7 Å². The maximum absolute atomic E-state index is 11.0. The van der Waals surface area contributed by atoms with Crippen LogP contribution in [-0.2, 0) is 4.74 Å². The van der Waals surface area contributed by atoms with E-state index < -0.39 is 5.97 Å². The highest BCUT2D eigenvalue weighted by molar-refractivity contribution is 14.1. The van der Waals surface area contributed by atoms with Gasteiger partial charge in [-0.2, -0.15) is 0 Å². The third-order valence-corrected chi connectivity index (χ3v) is 2.59. The van der Waals surface area contributed by atoms with Crippen LogP contribution in [0.3, 0.4) is 0 Å². The van der Waals surface area contributed by atoms with Crippen molar-refractivity contribution in [2.75, 3.05) is 20.3 Å². The zero-order valence-corrected chi connectivity index (χ0v) is 11.1. The molecular formula is C11H13IO4. The van der Waals surface area contributed by atoms with Crippen LogP contribution in [0.25, 0.3) is 0 Å². The number of aromatic carboxylic acids is 1. The number of rotatable bonds is 6. The largest absolute Gasteiger partial charge is 0.493 e. The summed E-state index contributed by atoms with van der Waals surface area (Å²) in [6.07, 6.45) is 0.738. The molecule has 1 rings (SSSR count). The number of halogens is 1. The summed E-state index contributed by atoms with van der Waals surface area (Å²) in [4.78, 5) is 11.0. The molecule has 0 aliphatic carbocycles. The fourth-order valence-corrected chi connectivity index (χ4v) is 1.67. The van der Waals surface area contributed by atoms with Crippen LogP contribution >= 0.6 is 22.6 Å². The maximum Gasteiger partial charge on any atom is 0.339 e. The second kappa shape index (κ2) is 6.70. The second-order valence-corrected chi connectivity index (χ2v) is 4.39. The SMILES string of the molecule is COCCCOc1ccc(I)cc1C(=O)O. The molecule has 4 nitrogen and oxygen atoms in total. The van der Waals surface area contributed by atoms with Crippen molar-refractivity contribution in [3.63, 3.8) is 0 Å². The average molecular weight is 336 g/mol. The van der Waals surface area contributed by atoms with Gasteiger partial charge in [-0.15, -0.1) is 0 Å². The summed E-state index contributed by atoms with van der Waals surface area (Å²) in [6.45, 7) is 1.06. The van der Waals surface area contributed by atoms with Gasteiger partial charge in [-0.3, -0.25) is 0 Å². The second-order valence-electron chi connectivity index (χ2n) is 3.14. The summed E-state index contributed by atoms with van der Waals surface area (Å²) >= 11 is 2.07. The van der Waals surface area contributed by atoms with Crippen LogP contribution in [0.2, 0.25) is 0 Å². The summed E-state index contributed by atoms with van der Waals surface area (Å²) < 4.78 is 11.1. The topological polar surface area (TPSA) is 55.8 Å². The quantitative estimate of drug-likeness (QED) is 0.640. The highest BCUT2D eigenvalue weighted by Gasteiger charge is 2.11. The molecule has 0 aliphatic rings. The Labute approximate surface area is 108 Å². The fourth-order valence-electron chi connectivity index (χ4n) is 1.18. The van der Waals surface area contributed by atoms with Crippen molar-refractivity contribution < 1.29 is 19.4 Å². The summed E-state index contributed by atoms with van der Waals surface area (Å²) in [5, 5.41) is 8.98. The Morgan fingerprint density at radius 2 is 2.19 bits per heavy atom. The lowest BCUT2D eigenvalue weighted by Gasteiger charge is -2.09. The van der Waals surface area contributed by atoms with Crippen LogP contribution in [0, 0.1) is 3.57 Å². The van der Waals surface area contributed by atoms with Crippen molar-refractivity contribution in [2.45, 2.75) is 6.42 Å². The molecule has 0 bridgehead atoms. The van der Waals surface area contributed by atoms with E-state index in [4.69, 9.17) is 14.6 Å². The van der Waals surface area contributed by atoms with Crippen molar-refractivity contribution in [1.82, 2.24) is 0 Å². The van der Waals surface area contributed by atoms with E-state index in [2.05, 4.69) is 22.6 Å². The van der Waals surface area contributed by atoms with Crippen LogP contribution in [0.15, 0.2) is 18.2 Å². The first-order valence-electron chi connectivity index (χ1n) is 4.79. The van der Waals surface area contributed by atoms with E-state index in [-0.39, 0.29) is 5.56 Å². The third-order valence-electron chi connectivity index (χ3n) is 1.92. The Morgan fingerprint density at radius 1 is 1.44 bits per heavy atom. The number of carbonyl (C=O) groups is 1. The molecule has 1 aromatic carbocycles. The van der Waals surface area contributed by atoms with Crippen LogP contribution < -0.4 is 4.74 Å². The number of carboxylic acid groups (broad SMARTS) is 1. The molecule has 1 N–H and O–H groups in total. The molecule has 0 amide bonds. The van der Waals surface area contributed by atoms with Gasteiger partial charge in [-0.1, -0.05) is 0 Å². The molecule has 1 aromatic rings. The van der Waals surface area contributed by atoms with Gasteiger partial charge in [0.15, 0.2) is 0 Å². The lowest BCUT2D eigenvalue weighted by Crippen LogP contribution is -2.06. The van der Waals surface area contributed by atoms with Crippen LogP contribution in [0.1, 0.15) is 16.8 Å². The molecule has 0 saturated carbocycles. The highest BCUT2D eigenvalue weighted by Crippen LogP contribution is 2.21. The van der Waals surface area contributed by atoms with Crippen LogP contribution in [-0.4, -0.2) is 31.4 Å². The number of hydrogen-bond acceptors (Lipinski definition) is 3. The molecule has 0 saturated heterocycles. The van der Waals surface area contributed by atoms with Gasteiger partial charge in [0.05, 0.1) is 6.61 Å². The Kier molecular flexibility index (Phi) is 5.54. The standard InChI is InChI=1S/C11H13IO4/c1-15-5-2-6-16-10-4-3-8(12)7-9(10)11(13)14/h3-4,7H,2,5-6H2,1H3,(H,13,14). The minimum Gasteiger partial charge on any atom is -0.493 e. The Balaban J connectivity index is 2.67. The van der Waals surface area contributed by atoms with Crippen molar-refractivity contribution in [3.05, 3.63) is 27.3 Å². The minimum absolute atomic E-state index is 0.198. The van der Waals surface area contributed by atoms with Crippen molar-refractivity contribution in [2.24, 2.45) is 0 Å². The number of hydrogen-bond donors (Lipinski definition) is 1. The molecule has 16 heavy (non-hydrogen) atoms. The van der Waals surface area contributed by atoms with E-state index in [1.807, 2.05) is 6.07 Å². The molecule has 5 heteroatoms. The molecule has 0 atom stereocenters. The molecule has 0 unspecified atom stereocenters. The van der Waals surface area contributed by atoms with Gasteiger partial charge in [0.25, 0.3) is 0 Å². The van der Waals surface area contributed by atoms with Crippen molar-refractivity contribution in [3.8, 4) is 5.75 Å². The predicted molar refractivity (Wildman–Crippen MR) is 68.1 cm³/mol. The molecule has 0 aromatic heterocycles. The predicted octanol–water partition coefficient (Wildman–Crippen LogP) is 2.40. The lowest BCUT2D eigenvalue weighted by molar-refractivity contribution is 0.0691. The van der Waals surface area contributed by atoms with E-state index in [0.717, 1.165) is 9.99 Å². The summed E-state index contributed by atoms with van der Waals surface area (Å²) in [6, 6.07) is 5.09. The first kappa shape index (κ1) is 13.2. The van der Waals surface area contributed by atoms with E-state index in [9.17, 15) is 4.79 Å². The van der Waals surface area contributed by atoms with Gasteiger partial charge < -0.3 is 14.6 Å². The van der Waals surface area contributed by atoms with Crippen molar-refractivity contribution in [1.29, 1.82) is 0 Å². The lowest BCUT2D eigenvalue weighted by atomic mass is 10.2. The van der Waals surface area contributed by atoms with E-state index in [1.54, 1.807) is 19.2 Å². The first-order chi connectivity index (χ1) is 7.65. The summed E-state index contributed by atoms with van der Waals surface area (Å²) in [7, 11) is 1.62. The number of carboxylic acids is 1. The first-order valence-corrected chi connectivity index (χ1v) is 5.87. The average Bonchev–Trinajstić information content (AvgIpc) is 2.26. The van der Waals surface area contributed by atoms with Gasteiger partial charge in [0.2, 0.25) is 0 Å². The number of methoxy groups -OCH3 is 1. The molecule has 0 radical (unpaired) electrons. The molecule has 88 valence electrons. The Hall–Kier alpha value is -0.820. The molecule has 0 heterocycles. The molecule has 0 fully saturated rings. The molecule has 0 aliphatic heterocycles. The summed E-state index contributed by atoms with van der Waals surface area (Å²) in [5.74, 6) is -0.565. The highest BCUT2D eigenvalue weighted by atomic mass is 127. The smallest absolute Gasteiger partial charge is 0.339 e. The monoisotopic (exact) mass is 336 g/mol. The zero-order chi connectivity index (χ0) is 12.0. The van der Waals surface area contributed by atoms with E-state index in [1.165, 1.54) is 0 Å². The van der Waals surface area contributed by atoms with Gasteiger partial charge in [-0.05, 0) is 40.8 Å². The fraction of sp³-hybridized carbons (Fsp3) is 0.364. The zero-order valence-electron chi connectivity index (χ0n) is 8.90. The van der Waals surface area contributed by atoms with Gasteiger partial charge in [-0.25, -0.2) is 4.79 Å². The van der Waals surface area contributed by atoms with Gasteiger partial charge >= 0.3 is 5.97 Å². The minimum atomic E-state index is -0.972.